The molecular formula is C15H26N4O2. The van der Waals surface area contributed by atoms with E-state index < -0.39 is 0 Å². The second-order valence-corrected chi connectivity index (χ2v) is 5.65. The first-order chi connectivity index (χ1) is 10.1. The van der Waals surface area contributed by atoms with E-state index in [1.807, 2.05) is 13.0 Å². The summed E-state index contributed by atoms with van der Waals surface area (Å²) in [5.74, 6) is 1.71. The van der Waals surface area contributed by atoms with Crippen molar-refractivity contribution < 1.29 is 9.84 Å². The molecule has 2 atom stereocenters. The first kappa shape index (κ1) is 16.1. The average Bonchev–Trinajstić information content (AvgIpc) is 2.47. The molecule has 1 aliphatic rings. The van der Waals surface area contributed by atoms with E-state index in [-0.39, 0.29) is 12.7 Å². The van der Waals surface area contributed by atoms with E-state index in [0.717, 1.165) is 30.3 Å². The Morgan fingerprint density at radius 3 is 3.00 bits per heavy atom. The zero-order chi connectivity index (χ0) is 15.2. The molecule has 1 fully saturated rings. The van der Waals surface area contributed by atoms with Crippen LogP contribution in [0.2, 0.25) is 0 Å². The van der Waals surface area contributed by atoms with Crippen LogP contribution in [0.4, 0.5) is 5.82 Å². The molecule has 21 heavy (non-hydrogen) atoms. The summed E-state index contributed by atoms with van der Waals surface area (Å²) in [5.41, 5.74) is 0.971. The fraction of sp³-hybridized carbons (Fsp3) is 0.733. The van der Waals surface area contributed by atoms with Gasteiger partial charge in [0, 0.05) is 30.9 Å². The van der Waals surface area contributed by atoms with E-state index in [1.165, 1.54) is 0 Å². The van der Waals surface area contributed by atoms with Gasteiger partial charge in [-0.05, 0) is 20.3 Å². The highest BCUT2D eigenvalue weighted by molar-refractivity contribution is 5.35. The van der Waals surface area contributed by atoms with Gasteiger partial charge in [-0.1, -0.05) is 6.92 Å². The molecule has 2 rings (SSSR count). The molecule has 6 nitrogen and oxygen atoms in total. The highest BCUT2D eigenvalue weighted by Gasteiger charge is 2.26. The Balaban J connectivity index is 2.05. The summed E-state index contributed by atoms with van der Waals surface area (Å²) in [5, 5.41) is 12.6. The average molecular weight is 294 g/mol. The number of hydrogen-bond donors (Lipinski definition) is 2. The maximum Gasteiger partial charge on any atom is 0.144 e. The van der Waals surface area contributed by atoms with Gasteiger partial charge in [-0.3, -0.25) is 4.90 Å². The Morgan fingerprint density at radius 1 is 1.48 bits per heavy atom. The van der Waals surface area contributed by atoms with E-state index in [0.29, 0.717) is 25.7 Å². The standard InChI is InChI=1S/C15H26N4O2/c1-4-5-16-14-6-11(2)17-15(18-14)8-19-7-13(9-20)21-10-12(19)3/h6,12-13,20H,4-5,7-10H2,1-3H3,(H,16,17,18). The topological polar surface area (TPSA) is 70.5 Å². The highest BCUT2D eigenvalue weighted by atomic mass is 16.5. The number of nitrogens with one attached hydrogen (secondary N) is 1. The van der Waals surface area contributed by atoms with Crippen molar-refractivity contribution >= 4 is 5.82 Å². The molecule has 0 radical (unpaired) electrons. The summed E-state index contributed by atoms with van der Waals surface area (Å²) < 4.78 is 5.56. The third-order valence-electron chi connectivity index (χ3n) is 3.64. The van der Waals surface area contributed by atoms with Crippen LogP contribution in [-0.2, 0) is 11.3 Å². The summed E-state index contributed by atoms with van der Waals surface area (Å²) >= 11 is 0. The van der Waals surface area contributed by atoms with Crippen LogP contribution >= 0.6 is 0 Å². The van der Waals surface area contributed by atoms with Gasteiger partial charge < -0.3 is 15.2 Å². The number of ether oxygens (including phenoxy) is 1. The number of aryl methyl sites for hydroxylation is 1. The van der Waals surface area contributed by atoms with Crippen molar-refractivity contribution in [3.63, 3.8) is 0 Å². The monoisotopic (exact) mass is 294 g/mol. The van der Waals surface area contributed by atoms with Crippen LogP contribution in [-0.4, -0.2) is 58.4 Å². The number of aliphatic hydroxyl groups excluding tert-OH is 1. The molecule has 1 aromatic rings. The lowest BCUT2D eigenvalue weighted by Crippen LogP contribution is -2.49. The zero-order valence-corrected chi connectivity index (χ0v) is 13.2. The van der Waals surface area contributed by atoms with E-state index in [1.54, 1.807) is 0 Å². The smallest absolute Gasteiger partial charge is 0.144 e. The second-order valence-electron chi connectivity index (χ2n) is 5.65. The molecule has 6 heteroatoms. The maximum absolute atomic E-state index is 9.25. The van der Waals surface area contributed by atoms with Gasteiger partial charge in [-0.15, -0.1) is 0 Å². The van der Waals surface area contributed by atoms with Gasteiger partial charge in [-0.25, -0.2) is 9.97 Å². The lowest BCUT2D eigenvalue weighted by atomic mass is 10.2. The van der Waals surface area contributed by atoms with Gasteiger partial charge in [0.2, 0.25) is 0 Å². The molecule has 118 valence electrons. The Bertz CT molecular complexity index is 455. The largest absolute Gasteiger partial charge is 0.394 e. The van der Waals surface area contributed by atoms with Crippen molar-refractivity contribution in [1.82, 2.24) is 14.9 Å². The number of rotatable bonds is 6. The minimum atomic E-state index is -0.108. The first-order valence-electron chi connectivity index (χ1n) is 7.67. The molecule has 1 aromatic heterocycles. The first-order valence-corrected chi connectivity index (χ1v) is 7.67. The number of anilines is 1. The van der Waals surface area contributed by atoms with Crippen molar-refractivity contribution in [1.29, 1.82) is 0 Å². The fourth-order valence-corrected chi connectivity index (χ4v) is 2.43. The molecule has 2 heterocycles. The Morgan fingerprint density at radius 2 is 2.29 bits per heavy atom. The Labute approximate surface area is 126 Å². The van der Waals surface area contributed by atoms with Crippen molar-refractivity contribution in [3.05, 3.63) is 17.6 Å². The SMILES string of the molecule is CCCNc1cc(C)nc(CN2CC(CO)OCC2C)n1. The van der Waals surface area contributed by atoms with Crippen molar-refractivity contribution in [2.75, 3.05) is 31.6 Å². The van der Waals surface area contributed by atoms with E-state index in [9.17, 15) is 5.11 Å². The van der Waals surface area contributed by atoms with Gasteiger partial charge in [0.15, 0.2) is 0 Å². The van der Waals surface area contributed by atoms with Crippen LogP contribution < -0.4 is 5.32 Å². The third-order valence-corrected chi connectivity index (χ3v) is 3.64. The van der Waals surface area contributed by atoms with E-state index in [4.69, 9.17) is 4.74 Å². The van der Waals surface area contributed by atoms with Gasteiger partial charge in [0.05, 0.1) is 25.9 Å². The molecule has 0 saturated carbocycles. The van der Waals surface area contributed by atoms with Crippen LogP contribution in [0.1, 0.15) is 31.8 Å². The molecule has 1 saturated heterocycles. The Hall–Kier alpha value is -1.24. The summed E-state index contributed by atoms with van der Waals surface area (Å²) in [4.78, 5) is 11.4. The number of morpholine rings is 1. The normalized spacial score (nSPS) is 23.2. The second kappa shape index (κ2) is 7.68. The summed E-state index contributed by atoms with van der Waals surface area (Å²) in [7, 11) is 0. The minimum absolute atomic E-state index is 0.0567. The van der Waals surface area contributed by atoms with Crippen molar-refractivity contribution in [2.45, 2.75) is 45.9 Å². The van der Waals surface area contributed by atoms with Crippen molar-refractivity contribution in [2.24, 2.45) is 0 Å². The Kier molecular flexibility index (Phi) is 5.90. The predicted molar refractivity (Wildman–Crippen MR) is 82.2 cm³/mol. The molecule has 2 N–H and O–H groups in total. The number of aliphatic hydroxyl groups is 1. The quantitative estimate of drug-likeness (QED) is 0.821. The fourth-order valence-electron chi connectivity index (χ4n) is 2.43. The lowest BCUT2D eigenvalue weighted by Gasteiger charge is -2.36. The van der Waals surface area contributed by atoms with E-state index in [2.05, 4.69) is 34.0 Å². The maximum atomic E-state index is 9.25. The van der Waals surface area contributed by atoms with Gasteiger partial charge in [0.25, 0.3) is 0 Å². The molecule has 0 aromatic carbocycles. The van der Waals surface area contributed by atoms with Gasteiger partial charge in [-0.2, -0.15) is 0 Å². The number of aromatic nitrogens is 2. The molecular weight excluding hydrogens is 268 g/mol. The van der Waals surface area contributed by atoms with Gasteiger partial charge in [0.1, 0.15) is 11.6 Å². The minimum Gasteiger partial charge on any atom is -0.394 e. The van der Waals surface area contributed by atoms with Crippen LogP contribution in [0.15, 0.2) is 6.07 Å². The molecule has 0 spiro atoms. The lowest BCUT2D eigenvalue weighted by molar-refractivity contribution is -0.0811. The number of nitrogens with zero attached hydrogens (tertiary/aromatic N) is 3. The zero-order valence-electron chi connectivity index (χ0n) is 13.2. The van der Waals surface area contributed by atoms with Crippen LogP contribution in [0.5, 0.6) is 0 Å². The van der Waals surface area contributed by atoms with Gasteiger partial charge >= 0.3 is 0 Å². The molecule has 1 aliphatic heterocycles. The third kappa shape index (κ3) is 4.62. The predicted octanol–water partition coefficient (Wildman–Crippen LogP) is 1.19. The number of hydrogen-bond acceptors (Lipinski definition) is 6. The van der Waals surface area contributed by atoms with Crippen LogP contribution in [0.3, 0.4) is 0 Å². The summed E-state index contributed by atoms with van der Waals surface area (Å²) in [6, 6.07) is 2.28. The summed E-state index contributed by atoms with van der Waals surface area (Å²) in [6.45, 7) is 9.25. The highest BCUT2D eigenvalue weighted by Crippen LogP contribution is 2.15. The molecule has 2 unspecified atom stereocenters. The van der Waals surface area contributed by atoms with E-state index >= 15 is 0 Å². The summed E-state index contributed by atoms with van der Waals surface area (Å²) in [6.07, 6.45) is 0.959. The molecule has 0 amide bonds. The van der Waals surface area contributed by atoms with Crippen LogP contribution in [0.25, 0.3) is 0 Å². The van der Waals surface area contributed by atoms with Crippen molar-refractivity contribution in [3.8, 4) is 0 Å². The molecule has 0 bridgehead atoms. The van der Waals surface area contributed by atoms with Crippen LogP contribution in [0, 0.1) is 6.92 Å². The molecule has 0 aliphatic carbocycles.